The highest BCUT2D eigenvalue weighted by Crippen LogP contribution is 2.26. The molecular weight excluding hydrogens is 302 g/mol. The number of aryl methyl sites for hydroxylation is 1. The molecule has 1 heteroatoms. The van der Waals surface area contributed by atoms with Crippen molar-refractivity contribution >= 4 is 21.7 Å². The summed E-state index contributed by atoms with van der Waals surface area (Å²) >= 11 is 0. The monoisotopic (exact) mass is 327 g/mol. The fourth-order valence-corrected chi connectivity index (χ4v) is 3.84. The molecule has 4 rings (SSSR count). The fourth-order valence-electron chi connectivity index (χ4n) is 3.84. The normalized spacial score (nSPS) is 11.4. The number of unbranched alkanes of at least 4 members (excludes halogenated alkanes) is 2. The van der Waals surface area contributed by atoms with Crippen molar-refractivity contribution in [3.05, 3.63) is 84.1 Å². The lowest BCUT2D eigenvalue weighted by Crippen LogP contribution is -2.04. The summed E-state index contributed by atoms with van der Waals surface area (Å²) in [6.45, 7) is 3.38. The lowest BCUT2D eigenvalue weighted by atomic mass is 10.0. The number of rotatable bonds is 6. The maximum atomic E-state index is 2.53. The molecule has 4 aromatic rings. The molecule has 0 N–H and O–H groups in total. The Morgan fingerprint density at radius 3 is 2.40 bits per heavy atom. The quantitative estimate of drug-likeness (QED) is 0.353. The maximum absolute atomic E-state index is 2.53. The average Bonchev–Trinajstić information content (AvgIpc) is 3.00. The summed E-state index contributed by atoms with van der Waals surface area (Å²) in [5.41, 5.74) is 4.21. The molecule has 0 amide bonds. The van der Waals surface area contributed by atoms with E-state index in [-0.39, 0.29) is 0 Å². The van der Waals surface area contributed by atoms with Crippen LogP contribution in [0.25, 0.3) is 21.7 Å². The van der Waals surface area contributed by atoms with E-state index in [4.69, 9.17) is 0 Å². The molecular formula is C24H25N. The van der Waals surface area contributed by atoms with E-state index in [0.29, 0.717) is 0 Å². The minimum atomic E-state index is 0.988. The summed E-state index contributed by atoms with van der Waals surface area (Å²) in [6, 6.07) is 26.5. The third kappa shape index (κ3) is 3.19. The van der Waals surface area contributed by atoms with Crippen molar-refractivity contribution in [2.45, 2.75) is 39.2 Å². The van der Waals surface area contributed by atoms with Gasteiger partial charge >= 0.3 is 0 Å². The van der Waals surface area contributed by atoms with E-state index in [1.54, 1.807) is 0 Å². The van der Waals surface area contributed by atoms with Gasteiger partial charge in [-0.2, -0.15) is 0 Å². The predicted octanol–water partition coefficient (Wildman–Crippen LogP) is 6.58. The molecule has 0 saturated carbocycles. The third-order valence-electron chi connectivity index (χ3n) is 5.13. The Balaban J connectivity index is 1.76. The Labute approximate surface area is 149 Å². The molecule has 1 nitrogen and oxygen atoms in total. The van der Waals surface area contributed by atoms with Crippen LogP contribution >= 0.6 is 0 Å². The van der Waals surface area contributed by atoms with Crippen LogP contribution in [-0.4, -0.2) is 4.57 Å². The second kappa shape index (κ2) is 7.14. The Hall–Kier alpha value is -2.54. The first-order chi connectivity index (χ1) is 12.4. The predicted molar refractivity (Wildman–Crippen MR) is 108 cm³/mol. The van der Waals surface area contributed by atoms with Gasteiger partial charge in [-0.05, 0) is 40.3 Å². The van der Waals surface area contributed by atoms with E-state index in [1.165, 1.54) is 52.2 Å². The van der Waals surface area contributed by atoms with Crippen LogP contribution in [0.4, 0.5) is 0 Å². The summed E-state index contributed by atoms with van der Waals surface area (Å²) in [5.74, 6) is 0. The highest BCUT2D eigenvalue weighted by molar-refractivity contribution is 5.86. The number of nitrogens with zero attached hydrogens (tertiary/aromatic N) is 1. The maximum Gasteiger partial charge on any atom is 0.0482 e. The first-order valence-corrected chi connectivity index (χ1v) is 9.40. The highest BCUT2D eigenvalue weighted by Gasteiger charge is 2.10. The van der Waals surface area contributed by atoms with Crippen LogP contribution in [-0.2, 0) is 13.0 Å². The molecule has 1 aromatic heterocycles. The van der Waals surface area contributed by atoms with E-state index >= 15 is 0 Å². The first-order valence-electron chi connectivity index (χ1n) is 9.40. The third-order valence-corrected chi connectivity index (χ3v) is 5.13. The molecule has 0 aliphatic rings. The van der Waals surface area contributed by atoms with Gasteiger partial charge in [-0.1, -0.05) is 80.4 Å². The van der Waals surface area contributed by atoms with Crippen molar-refractivity contribution in [1.82, 2.24) is 4.57 Å². The molecule has 3 aromatic carbocycles. The van der Waals surface area contributed by atoms with Crippen LogP contribution in [0.15, 0.2) is 72.8 Å². The highest BCUT2D eigenvalue weighted by atomic mass is 15.0. The van der Waals surface area contributed by atoms with Gasteiger partial charge in [0.15, 0.2) is 0 Å². The van der Waals surface area contributed by atoms with Crippen molar-refractivity contribution in [1.29, 1.82) is 0 Å². The standard InChI is InChI=1S/C24H25N/c1-2-3-8-16-25-22(18-21-11-5-7-15-24(21)25)17-20-13-9-12-19-10-4-6-14-23(19)20/h4-7,9-15,18H,2-3,8,16-17H2,1H3. The second-order valence-corrected chi connectivity index (χ2v) is 6.87. The molecule has 0 fully saturated rings. The zero-order chi connectivity index (χ0) is 17.1. The lowest BCUT2D eigenvalue weighted by molar-refractivity contribution is 0.602. The van der Waals surface area contributed by atoms with Gasteiger partial charge in [-0.15, -0.1) is 0 Å². The summed E-state index contributed by atoms with van der Waals surface area (Å²) in [4.78, 5) is 0. The number of hydrogen-bond donors (Lipinski definition) is 0. The lowest BCUT2D eigenvalue weighted by Gasteiger charge is -2.12. The molecule has 0 aliphatic carbocycles. The topological polar surface area (TPSA) is 4.93 Å². The number of benzene rings is 3. The van der Waals surface area contributed by atoms with E-state index < -0.39 is 0 Å². The van der Waals surface area contributed by atoms with Gasteiger partial charge in [0.1, 0.15) is 0 Å². The molecule has 25 heavy (non-hydrogen) atoms. The molecule has 0 radical (unpaired) electrons. The molecule has 0 unspecified atom stereocenters. The van der Waals surface area contributed by atoms with Gasteiger partial charge in [0.05, 0.1) is 0 Å². The second-order valence-electron chi connectivity index (χ2n) is 6.87. The summed E-state index contributed by atoms with van der Waals surface area (Å²) in [5, 5.41) is 4.05. The molecule has 0 bridgehead atoms. The van der Waals surface area contributed by atoms with Crippen molar-refractivity contribution in [2.75, 3.05) is 0 Å². The zero-order valence-electron chi connectivity index (χ0n) is 14.9. The number of fused-ring (bicyclic) bond motifs is 2. The molecule has 0 spiro atoms. The van der Waals surface area contributed by atoms with Crippen LogP contribution < -0.4 is 0 Å². The Morgan fingerprint density at radius 2 is 1.52 bits per heavy atom. The van der Waals surface area contributed by atoms with Crippen molar-refractivity contribution < 1.29 is 0 Å². The van der Waals surface area contributed by atoms with Gasteiger partial charge in [-0.25, -0.2) is 0 Å². The molecule has 0 aliphatic heterocycles. The van der Waals surface area contributed by atoms with Crippen LogP contribution in [0.1, 0.15) is 37.4 Å². The largest absolute Gasteiger partial charge is 0.344 e. The van der Waals surface area contributed by atoms with E-state index in [9.17, 15) is 0 Å². The number of aromatic nitrogens is 1. The number of para-hydroxylation sites is 1. The average molecular weight is 327 g/mol. The zero-order valence-corrected chi connectivity index (χ0v) is 14.9. The Kier molecular flexibility index (Phi) is 4.56. The molecule has 0 atom stereocenters. The first kappa shape index (κ1) is 16.0. The van der Waals surface area contributed by atoms with Gasteiger partial charge in [0.2, 0.25) is 0 Å². The van der Waals surface area contributed by atoms with Gasteiger partial charge in [0.25, 0.3) is 0 Å². The fraction of sp³-hybridized carbons (Fsp3) is 0.250. The van der Waals surface area contributed by atoms with Gasteiger partial charge in [0, 0.05) is 24.2 Å². The van der Waals surface area contributed by atoms with Gasteiger partial charge < -0.3 is 4.57 Å². The SMILES string of the molecule is CCCCCn1c(Cc2cccc3ccccc23)cc2ccccc21. The molecule has 126 valence electrons. The smallest absolute Gasteiger partial charge is 0.0482 e. The Bertz CT molecular complexity index is 988. The van der Waals surface area contributed by atoms with Crippen LogP contribution in [0.5, 0.6) is 0 Å². The van der Waals surface area contributed by atoms with E-state index in [2.05, 4.69) is 84.3 Å². The number of hydrogen-bond acceptors (Lipinski definition) is 0. The molecule has 1 heterocycles. The van der Waals surface area contributed by atoms with Crippen LogP contribution in [0.2, 0.25) is 0 Å². The van der Waals surface area contributed by atoms with Crippen molar-refractivity contribution in [3.63, 3.8) is 0 Å². The van der Waals surface area contributed by atoms with Gasteiger partial charge in [-0.3, -0.25) is 0 Å². The van der Waals surface area contributed by atoms with Crippen molar-refractivity contribution in [2.24, 2.45) is 0 Å². The van der Waals surface area contributed by atoms with E-state index in [0.717, 1.165) is 13.0 Å². The minimum Gasteiger partial charge on any atom is -0.344 e. The molecule has 0 saturated heterocycles. The summed E-state index contributed by atoms with van der Waals surface area (Å²) in [6.07, 6.45) is 4.79. The van der Waals surface area contributed by atoms with Crippen LogP contribution in [0.3, 0.4) is 0 Å². The van der Waals surface area contributed by atoms with Crippen molar-refractivity contribution in [3.8, 4) is 0 Å². The van der Waals surface area contributed by atoms with Crippen LogP contribution in [0, 0.1) is 0 Å². The summed E-state index contributed by atoms with van der Waals surface area (Å²) in [7, 11) is 0. The summed E-state index contributed by atoms with van der Waals surface area (Å²) < 4.78 is 2.53. The van der Waals surface area contributed by atoms with E-state index in [1.807, 2.05) is 0 Å². The Morgan fingerprint density at radius 1 is 0.760 bits per heavy atom. The minimum absolute atomic E-state index is 0.988.